The average molecular weight is 514 g/mol. The highest BCUT2D eigenvalue weighted by Crippen LogP contribution is 2.27. The molecule has 1 heterocycles. The third-order valence-electron chi connectivity index (χ3n) is 4.99. The zero-order valence-corrected chi connectivity index (χ0v) is 20.5. The van der Waals surface area contributed by atoms with E-state index in [2.05, 4.69) is 15.0 Å². The zero-order chi connectivity index (χ0) is 23.7. The van der Waals surface area contributed by atoms with Crippen LogP contribution in [0.2, 0.25) is 5.02 Å². The molecule has 3 aromatic rings. The van der Waals surface area contributed by atoms with Crippen LogP contribution in [0.1, 0.15) is 17.5 Å². The number of ether oxygens (including phenoxy) is 1. The van der Waals surface area contributed by atoms with Gasteiger partial charge in [0.2, 0.25) is 10.0 Å². The van der Waals surface area contributed by atoms with Crippen molar-refractivity contribution in [1.82, 2.24) is 15.0 Å². The lowest BCUT2D eigenvalue weighted by Crippen LogP contribution is -2.31. The standard InChI is InChI=1S/C22H28ClN3O5S2/c23-18-5-2-16(3-6-18)9-13-31-14-12-25-33(29,30)15-1-10-24-11-8-17-4-7-19(27)20-21(17)32-22(28)26-20/h2-7,24-25,27H,1,8-15H2,(H,26,28). The maximum Gasteiger partial charge on any atom is 0.305 e. The minimum atomic E-state index is -3.35. The van der Waals surface area contributed by atoms with E-state index in [0.29, 0.717) is 49.7 Å². The Morgan fingerprint density at radius 3 is 2.61 bits per heavy atom. The van der Waals surface area contributed by atoms with Gasteiger partial charge in [0.15, 0.2) is 0 Å². The first kappa shape index (κ1) is 25.7. The lowest BCUT2D eigenvalue weighted by molar-refractivity contribution is 0.142. The molecule has 0 aliphatic carbocycles. The lowest BCUT2D eigenvalue weighted by atomic mass is 10.1. The molecule has 0 aliphatic heterocycles. The van der Waals surface area contributed by atoms with Crippen LogP contribution in [0.4, 0.5) is 0 Å². The van der Waals surface area contributed by atoms with Gasteiger partial charge >= 0.3 is 4.87 Å². The second kappa shape index (κ2) is 12.5. The summed E-state index contributed by atoms with van der Waals surface area (Å²) in [7, 11) is -3.35. The molecule has 180 valence electrons. The second-order valence-corrected chi connectivity index (χ2v) is 10.9. The number of aromatic amines is 1. The number of nitrogens with one attached hydrogen (secondary N) is 3. The number of fused-ring (bicyclic) bond motifs is 1. The first-order valence-corrected chi connectivity index (χ1v) is 13.5. The largest absolute Gasteiger partial charge is 0.506 e. The van der Waals surface area contributed by atoms with Gasteiger partial charge in [-0.25, -0.2) is 13.1 Å². The average Bonchev–Trinajstić information content (AvgIpc) is 3.18. The molecule has 11 heteroatoms. The topological polar surface area (TPSA) is 121 Å². The number of sulfonamides is 1. The van der Waals surface area contributed by atoms with Crippen LogP contribution in [0.25, 0.3) is 10.2 Å². The highest BCUT2D eigenvalue weighted by atomic mass is 35.5. The van der Waals surface area contributed by atoms with E-state index in [1.54, 1.807) is 12.1 Å². The Morgan fingerprint density at radius 2 is 1.82 bits per heavy atom. The molecule has 2 aromatic carbocycles. The third-order valence-corrected chi connectivity index (χ3v) is 7.67. The summed E-state index contributed by atoms with van der Waals surface area (Å²) >= 11 is 6.92. The molecule has 0 saturated heterocycles. The van der Waals surface area contributed by atoms with Crippen LogP contribution < -0.4 is 14.9 Å². The summed E-state index contributed by atoms with van der Waals surface area (Å²) in [6.07, 6.45) is 1.90. The molecule has 0 saturated carbocycles. The van der Waals surface area contributed by atoms with Crippen LogP contribution in [-0.4, -0.2) is 57.1 Å². The predicted octanol–water partition coefficient (Wildman–Crippen LogP) is 2.65. The van der Waals surface area contributed by atoms with E-state index >= 15 is 0 Å². The number of hydrogen-bond acceptors (Lipinski definition) is 7. The van der Waals surface area contributed by atoms with Crippen LogP contribution in [0, 0.1) is 0 Å². The molecule has 33 heavy (non-hydrogen) atoms. The number of phenols is 1. The summed E-state index contributed by atoms with van der Waals surface area (Å²) in [6.45, 7) is 2.27. The number of aromatic hydroxyl groups is 1. The fourth-order valence-corrected chi connectivity index (χ4v) is 5.38. The van der Waals surface area contributed by atoms with E-state index in [-0.39, 0.29) is 22.9 Å². The van der Waals surface area contributed by atoms with Crippen LogP contribution >= 0.6 is 22.9 Å². The van der Waals surface area contributed by atoms with Crippen LogP contribution in [0.3, 0.4) is 0 Å². The normalized spacial score (nSPS) is 11.9. The van der Waals surface area contributed by atoms with Crippen LogP contribution in [-0.2, 0) is 27.6 Å². The van der Waals surface area contributed by atoms with Crippen molar-refractivity contribution in [3.05, 3.63) is 62.2 Å². The number of thiazole rings is 1. The fraction of sp³-hybridized carbons (Fsp3) is 0.409. The number of aromatic nitrogens is 1. The molecule has 0 amide bonds. The molecular weight excluding hydrogens is 486 g/mol. The van der Waals surface area contributed by atoms with Gasteiger partial charge in [0.1, 0.15) is 11.3 Å². The molecule has 1 aromatic heterocycles. The molecule has 0 aliphatic rings. The second-order valence-electron chi connectivity index (χ2n) is 7.52. The Kier molecular flexibility index (Phi) is 9.72. The molecule has 8 nitrogen and oxygen atoms in total. The Hall–Kier alpha value is -1.95. The molecule has 0 atom stereocenters. The highest BCUT2D eigenvalue weighted by Gasteiger charge is 2.10. The van der Waals surface area contributed by atoms with Crippen molar-refractivity contribution in [2.75, 3.05) is 38.6 Å². The smallest absolute Gasteiger partial charge is 0.305 e. The summed E-state index contributed by atoms with van der Waals surface area (Å²) in [5.41, 5.74) is 2.55. The van der Waals surface area contributed by atoms with Gasteiger partial charge in [0, 0.05) is 11.6 Å². The van der Waals surface area contributed by atoms with E-state index in [9.17, 15) is 18.3 Å². The van der Waals surface area contributed by atoms with Gasteiger partial charge in [-0.15, -0.1) is 0 Å². The number of hydrogen-bond donors (Lipinski definition) is 4. The summed E-state index contributed by atoms with van der Waals surface area (Å²) in [5.74, 6) is 0.0953. The van der Waals surface area contributed by atoms with Crippen molar-refractivity contribution in [3.8, 4) is 5.75 Å². The van der Waals surface area contributed by atoms with Crippen molar-refractivity contribution in [3.63, 3.8) is 0 Å². The molecule has 3 rings (SSSR count). The summed E-state index contributed by atoms with van der Waals surface area (Å²) < 4.78 is 33.0. The van der Waals surface area contributed by atoms with Crippen molar-refractivity contribution in [1.29, 1.82) is 0 Å². The minimum Gasteiger partial charge on any atom is -0.506 e. The Bertz CT molecular complexity index is 1190. The maximum atomic E-state index is 12.1. The molecule has 0 bridgehead atoms. The lowest BCUT2D eigenvalue weighted by Gasteiger charge is -2.09. The monoisotopic (exact) mass is 513 g/mol. The number of phenolic OH excluding ortho intramolecular Hbond substituents is 1. The zero-order valence-electron chi connectivity index (χ0n) is 18.1. The van der Waals surface area contributed by atoms with E-state index < -0.39 is 10.0 Å². The van der Waals surface area contributed by atoms with Crippen molar-refractivity contribution < 1.29 is 18.3 Å². The first-order valence-electron chi connectivity index (χ1n) is 10.7. The van der Waals surface area contributed by atoms with Crippen LogP contribution in [0.5, 0.6) is 5.75 Å². The molecule has 0 spiro atoms. The van der Waals surface area contributed by atoms with Gasteiger partial charge in [-0.05, 0) is 61.7 Å². The quantitative estimate of drug-likeness (QED) is 0.246. The predicted molar refractivity (Wildman–Crippen MR) is 133 cm³/mol. The molecule has 0 radical (unpaired) electrons. The fourth-order valence-electron chi connectivity index (χ4n) is 3.29. The summed E-state index contributed by atoms with van der Waals surface area (Å²) in [6, 6.07) is 10.9. The van der Waals surface area contributed by atoms with Gasteiger partial charge in [0.25, 0.3) is 0 Å². The van der Waals surface area contributed by atoms with E-state index in [4.69, 9.17) is 16.3 Å². The third kappa shape index (κ3) is 8.40. The Balaban J connectivity index is 1.25. The summed E-state index contributed by atoms with van der Waals surface area (Å²) in [5, 5.41) is 13.8. The number of H-pyrrole nitrogens is 1. The van der Waals surface area contributed by atoms with Crippen molar-refractivity contribution in [2.45, 2.75) is 19.3 Å². The van der Waals surface area contributed by atoms with Gasteiger partial charge in [-0.1, -0.05) is 41.1 Å². The van der Waals surface area contributed by atoms with Crippen molar-refractivity contribution in [2.24, 2.45) is 0 Å². The number of benzene rings is 2. The molecular formula is C22H28ClN3O5S2. The van der Waals surface area contributed by atoms with Crippen LogP contribution in [0.15, 0.2) is 41.2 Å². The Labute approximate surface area is 202 Å². The van der Waals surface area contributed by atoms with Gasteiger partial charge in [0.05, 0.1) is 23.7 Å². The maximum absolute atomic E-state index is 12.1. The molecule has 0 unspecified atom stereocenters. The molecule has 4 N–H and O–H groups in total. The van der Waals surface area contributed by atoms with Gasteiger partial charge in [-0.3, -0.25) is 4.79 Å². The SMILES string of the molecule is O=c1[nH]c2c(O)ccc(CCNCCCS(=O)(=O)NCCOCCc3ccc(Cl)cc3)c2s1. The van der Waals surface area contributed by atoms with Crippen molar-refractivity contribution >= 4 is 43.2 Å². The number of rotatable bonds is 14. The van der Waals surface area contributed by atoms with E-state index in [0.717, 1.165) is 33.6 Å². The first-order chi connectivity index (χ1) is 15.8. The van der Waals surface area contributed by atoms with Gasteiger partial charge < -0.3 is 20.1 Å². The van der Waals surface area contributed by atoms with Gasteiger partial charge in [-0.2, -0.15) is 0 Å². The summed E-state index contributed by atoms with van der Waals surface area (Å²) in [4.78, 5) is 14.0. The number of halogens is 1. The minimum absolute atomic E-state index is 0.0354. The molecule has 0 fully saturated rings. The highest BCUT2D eigenvalue weighted by molar-refractivity contribution is 7.89. The Morgan fingerprint density at radius 1 is 1.03 bits per heavy atom. The van der Waals surface area contributed by atoms with E-state index in [1.165, 1.54) is 0 Å². The van der Waals surface area contributed by atoms with E-state index in [1.807, 2.05) is 24.3 Å².